The van der Waals surface area contributed by atoms with Crippen molar-refractivity contribution in [3.8, 4) is 0 Å². The number of carboxylic acid groups (broad SMARTS) is 1. The summed E-state index contributed by atoms with van der Waals surface area (Å²) in [5, 5.41) is 30.0. The Morgan fingerprint density at radius 2 is 2.17 bits per heavy atom. The van der Waals surface area contributed by atoms with Gasteiger partial charge in [-0.25, -0.2) is 14.3 Å². The summed E-state index contributed by atoms with van der Waals surface area (Å²) in [7, 11) is 0. The summed E-state index contributed by atoms with van der Waals surface area (Å²) >= 11 is 2.38. The number of fused-ring (bicyclic) bond motifs is 2. The number of aliphatic carboxylic acids is 1. The number of thioether (sulfide) groups is 1. The van der Waals surface area contributed by atoms with Crippen LogP contribution in [0.15, 0.2) is 40.1 Å². The number of carbonyl (C=O) groups is 3. The Morgan fingerprint density at radius 3 is 2.83 bits per heavy atom. The summed E-state index contributed by atoms with van der Waals surface area (Å²) in [4.78, 5) is 43.0. The normalized spacial score (nSPS) is 19.9. The van der Waals surface area contributed by atoms with Gasteiger partial charge in [-0.2, -0.15) is 0 Å². The van der Waals surface area contributed by atoms with Gasteiger partial charge in [0.2, 0.25) is 5.82 Å². The van der Waals surface area contributed by atoms with E-state index in [4.69, 9.17) is 11.5 Å². The van der Waals surface area contributed by atoms with Crippen LogP contribution in [0, 0.1) is 6.92 Å². The average Bonchev–Trinajstić information content (AvgIpc) is 3.49. The molecule has 7 N–H and O–H groups in total. The van der Waals surface area contributed by atoms with E-state index in [1.807, 2.05) is 11.5 Å². The van der Waals surface area contributed by atoms with Gasteiger partial charge in [-0.3, -0.25) is 14.5 Å². The Kier molecular flexibility index (Phi) is 5.76. The number of nitrogens with one attached hydrogen (secondary N) is 1. The molecule has 1 saturated heterocycles. The largest absolute Gasteiger partial charge is 0.477 e. The number of aromatic nitrogens is 4. The molecule has 2 aliphatic heterocycles. The summed E-state index contributed by atoms with van der Waals surface area (Å²) in [6.45, 7) is 2.05. The van der Waals surface area contributed by atoms with Crippen LogP contribution in [0.25, 0.3) is 5.65 Å². The molecular formula is C20H20N9O5S2+. The van der Waals surface area contributed by atoms with E-state index in [9.17, 15) is 24.7 Å². The lowest BCUT2D eigenvalue weighted by molar-refractivity contribution is -0.672. The second kappa shape index (κ2) is 8.80. The third kappa shape index (κ3) is 3.70. The fraction of sp³-hybridized carbons (Fsp3) is 0.250. The van der Waals surface area contributed by atoms with Crippen molar-refractivity contribution in [2.24, 2.45) is 5.16 Å². The molecule has 3 aromatic heterocycles. The summed E-state index contributed by atoms with van der Waals surface area (Å²) in [5.41, 5.74) is 13.1. The highest BCUT2D eigenvalue weighted by molar-refractivity contribution is 8.00. The van der Waals surface area contributed by atoms with Crippen molar-refractivity contribution in [1.29, 1.82) is 0 Å². The van der Waals surface area contributed by atoms with Gasteiger partial charge in [-0.05, 0) is 6.92 Å². The highest BCUT2D eigenvalue weighted by atomic mass is 32.2. The Balaban J connectivity index is 1.40. The number of β-lactam (4-membered cyclic amide) rings is 1. The van der Waals surface area contributed by atoms with E-state index in [1.54, 1.807) is 22.8 Å². The van der Waals surface area contributed by atoms with Crippen molar-refractivity contribution in [2.45, 2.75) is 24.9 Å². The van der Waals surface area contributed by atoms with Gasteiger partial charge in [0.1, 0.15) is 35.0 Å². The van der Waals surface area contributed by atoms with Gasteiger partial charge < -0.3 is 27.1 Å². The SMILES string of the molecule is Cc1cc(N)n2nccc2[n+]1CC1=C(C(=O)O)N2C(=O)[C@@H](NC(=O)C(=NO)c3csc(N)n3)[C@@H]2SC1. The molecule has 0 bridgehead atoms. The molecular weight excluding hydrogens is 510 g/mol. The third-order valence-corrected chi connectivity index (χ3v) is 7.90. The van der Waals surface area contributed by atoms with Crippen molar-refractivity contribution in [1.82, 2.24) is 24.8 Å². The van der Waals surface area contributed by atoms with Crippen LogP contribution >= 0.6 is 23.1 Å². The molecule has 1 fully saturated rings. The van der Waals surface area contributed by atoms with Crippen LogP contribution in [-0.4, -0.2) is 70.5 Å². The number of anilines is 2. The van der Waals surface area contributed by atoms with Crippen molar-refractivity contribution >= 4 is 63.2 Å². The first-order chi connectivity index (χ1) is 17.2. The zero-order valence-electron chi connectivity index (χ0n) is 18.7. The zero-order valence-corrected chi connectivity index (χ0v) is 20.3. The molecule has 0 unspecified atom stereocenters. The van der Waals surface area contributed by atoms with Gasteiger partial charge in [0.15, 0.2) is 10.8 Å². The molecule has 0 saturated carbocycles. The maximum Gasteiger partial charge on any atom is 0.352 e. The standard InChI is InChI=1S/C20H19N9O5S2/c1-8-4-11(21)29-12(2-3-23-29)27(8)5-9-6-35-18-14(17(31)28(18)15(9)19(32)33)25-16(30)13(26-34)10-7-36-20(22)24-10/h2-4,7,14,18,21H,5-6H2,1H3,(H5,22,24,25,30,32,33,34)/p+1/t14-,18+/m1/s1. The van der Waals surface area contributed by atoms with Gasteiger partial charge in [-0.15, -0.1) is 23.1 Å². The van der Waals surface area contributed by atoms with Crippen LogP contribution in [0.3, 0.4) is 0 Å². The molecule has 3 aromatic rings. The van der Waals surface area contributed by atoms with Crippen LogP contribution in [0.4, 0.5) is 10.9 Å². The van der Waals surface area contributed by atoms with E-state index >= 15 is 0 Å². The Hall–Kier alpha value is -4.18. The number of rotatable bonds is 6. The number of nitrogens with two attached hydrogens (primary N) is 2. The highest BCUT2D eigenvalue weighted by Gasteiger charge is 2.54. The molecule has 0 radical (unpaired) electrons. The molecule has 0 aromatic carbocycles. The maximum atomic E-state index is 13.0. The number of nitrogens with zero attached hydrogens (tertiary/aromatic N) is 6. The smallest absolute Gasteiger partial charge is 0.352 e. The highest BCUT2D eigenvalue weighted by Crippen LogP contribution is 2.40. The first-order valence-corrected chi connectivity index (χ1v) is 12.4. The maximum absolute atomic E-state index is 13.0. The lowest BCUT2D eigenvalue weighted by Gasteiger charge is -2.49. The molecule has 2 amide bonds. The van der Waals surface area contributed by atoms with Gasteiger partial charge in [0.25, 0.3) is 11.8 Å². The predicted octanol–water partition coefficient (Wildman–Crippen LogP) is -0.832. The lowest BCUT2D eigenvalue weighted by atomic mass is 10.0. The Labute approximate surface area is 210 Å². The fourth-order valence-corrected chi connectivity index (χ4v) is 6.14. The number of hydrogen-bond acceptors (Lipinski definition) is 11. The summed E-state index contributed by atoms with van der Waals surface area (Å²) in [6.07, 6.45) is 1.59. The van der Waals surface area contributed by atoms with E-state index in [1.165, 1.54) is 22.0 Å². The third-order valence-electron chi connectivity index (χ3n) is 5.89. The average molecular weight is 531 g/mol. The molecule has 2 atom stereocenters. The number of carbonyl (C=O) groups excluding carboxylic acids is 2. The first-order valence-electron chi connectivity index (χ1n) is 10.5. The lowest BCUT2D eigenvalue weighted by Crippen LogP contribution is -2.71. The number of nitrogen functional groups attached to an aromatic ring is 2. The van der Waals surface area contributed by atoms with E-state index in [-0.39, 0.29) is 23.1 Å². The fourth-order valence-electron chi connectivity index (χ4n) is 4.25. The molecule has 5 heterocycles. The number of aryl methyl sites for hydroxylation is 1. The minimum Gasteiger partial charge on any atom is -0.477 e. The van der Waals surface area contributed by atoms with E-state index in [0.717, 1.165) is 17.0 Å². The predicted molar refractivity (Wildman–Crippen MR) is 129 cm³/mol. The monoisotopic (exact) mass is 530 g/mol. The first kappa shape index (κ1) is 23.6. The molecule has 5 rings (SSSR count). The summed E-state index contributed by atoms with van der Waals surface area (Å²) in [6, 6.07) is 2.49. The zero-order chi connectivity index (χ0) is 25.7. The van der Waals surface area contributed by atoms with Gasteiger partial charge in [-0.1, -0.05) is 14.8 Å². The van der Waals surface area contributed by atoms with Crippen LogP contribution in [0.1, 0.15) is 11.4 Å². The molecule has 0 spiro atoms. The quantitative estimate of drug-likeness (QED) is 0.0879. The van der Waals surface area contributed by atoms with Crippen LogP contribution in [-0.2, 0) is 20.9 Å². The topological polar surface area (TPSA) is 205 Å². The van der Waals surface area contributed by atoms with Gasteiger partial charge in [0.05, 0.1) is 12.3 Å². The van der Waals surface area contributed by atoms with Gasteiger partial charge >= 0.3 is 11.6 Å². The van der Waals surface area contributed by atoms with Gasteiger partial charge in [0, 0.05) is 22.8 Å². The van der Waals surface area contributed by atoms with E-state index in [0.29, 0.717) is 22.8 Å². The van der Waals surface area contributed by atoms with Crippen LogP contribution < -0.4 is 21.4 Å². The van der Waals surface area contributed by atoms with Crippen molar-refractivity contribution < 1.29 is 29.3 Å². The molecule has 186 valence electrons. The number of carboxylic acids is 1. The van der Waals surface area contributed by atoms with E-state index < -0.39 is 34.9 Å². The number of thiazole rings is 1. The minimum absolute atomic E-state index is 0.0629. The Bertz CT molecular complexity index is 1490. The molecule has 2 aliphatic rings. The molecule has 14 nitrogen and oxygen atoms in total. The van der Waals surface area contributed by atoms with E-state index in [2.05, 4.69) is 20.6 Å². The van der Waals surface area contributed by atoms with Crippen LogP contribution in [0.2, 0.25) is 0 Å². The number of oxime groups is 1. The van der Waals surface area contributed by atoms with Crippen molar-refractivity contribution in [2.75, 3.05) is 17.2 Å². The summed E-state index contributed by atoms with van der Waals surface area (Å²) in [5.74, 6) is -1.91. The van der Waals surface area contributed by atoms with Crippen LogP contribution in [0.5, 0.6) is 0 Å². The summed E-state index contributed by atoms with van der Waals surface area (Å²) < 4.78 is 3.42. The second-order valence-electron chi connectivity index (χ2n) is 8.04. The number of amides is 2. The molecule has 36 heavy (non-hydrogen) atoms. The Morgan fingerprint density at radius 1 is 1.39 bits per heavy atom. The van der Waals surface area contributed by atoms with Crippen molar-refractivity contribution in [3.05, 3.63) is 46.4 Å². The second-order valence-corrected chi connectivity index (χ2v) is 10.0. The molecule has 16 heteroatoms. The molecule has 0 aliphatic carbocycles. The van der Waals surface area contributed by atoms with Crippen molar-refractivity contribution in [3.63, 3.8) is 0 Å². The minimum atomic E-state index is -1.25. The number of hydrogen-bond donors (Lipinski definition) is 5.